The number of ether oxygens (including phenoxy) is 3. The van der Waals surface area contributed by atoms with Gasteiger partial charge in [-0.25, -0.2) is 5.90 Å². The Hall–Kier alpha value is -0.690. The Labute approximate surface area is 101 Å². The molecule has 0 aliphatic carbocycles. The van der Waals surface area contributed by atoms with Crippen LogP contribution in [0.2, 0.25) is 0 Å². The molecule has 0 radical (unpaired) electrons. The van der Waals surface area contributed by atoms with Gasteiger partial charge in [-0.1, -0.05) is 0 Å². The molecule has 0 bridgehead atoms. The topological polar surface area (TPSA) is 80.0 Å². The molecule has 1 saturated heterocycles. The molecule has 1 aliphatic rings. The molecule has 0 spiro atoms. The predicted octanol–water partition coefficient (Wildman–Crippen LogP) is 0.742. The number of esters is 1. The second-order valence-corrected chi connectivity index (χ2v) is 4.02. The van der Waals surface area contributed by atoms with Gasteiger partial charge in [-0.15, -0.1) is 0 Å². The zero-order chi connectivity index (χ0) is 12.5. The van der Waals surface area contributed by atoms with Gasteiger partial charge in [0.25, 0.3) is 0 Å². The molecule has 2 N–H and O–H groups in total. The maximum Gasteiger partial charge on any atom is 0.302 e. The first-order valence-corrected chi connectivity index (χ1v) is 5.94. The Bertz CT molecular complexity index is 224. The van der Waals surface area contributed by atoms with Gasteiger partial charge in [-0.3, -0.25) is 4.79 Å². The van der Waals surface area contributed by atoms with Crippen LogP contribution in [0.4, 0.5) is 0 Å². The van der Waals surface area contributed by atoms with E-state index in [1.54, 1.807) is 0 Å². The number of hydrogen-bond donors (Lipinski definition) is 1. The summed E-state index contributed by atoms with van der Waals surface area (Å²) in [6, 6.07) is 0. The monoisotopic (exact) mass is 247 g/mol. The van der Waals surface area contributed by atoms with Gasteiger partial charge >= 0.3 is 5.97 Å². The molecule has 1 heterocycles. The van der Waals surface area contributed by atoms with Crippen LogP contribution < -0.4 is 5.90 Å². The van der Waals surface area contributed by atoms with Gasteiger partial charge in [0.15, 0.2) is 6.29 Å². The number of rotatable bonds is 7. The minimum atomic E-state index is -0.281. The summed E-state index contributed by atoms with van der Waals surface area (Å²) in [6.07, 6.45) is 3.28. The molecule has 0 unspecified atom stereocenters. The molecule has 0 aromatic carbocycles. The summed E-state index contributed by atoms with van der Waals surface area (Å²) in [4.78, 5) is 15.1. The minimum absolute atomic E-state index is 0.0524. The number of carbonyl (C=O) groups excluding carboxylic acids is 1. The van der Waals surface area contributed by atoms with Crippen molar-refractivity contribution >= 4 is 5.97 Å². The Morgan fingerprint density at radius 1 is 1.41 bits per heavy atom. The minimum Gasteiger partial charge on any atom is -0.463 e. The average Bonchev–Trinajstić information content (AvgIpc) is 2.33. The Morgan fingerprint density at radius 3 is 2.94 bits per heavy atom. The summed E-state index contributed by atoms with van der Waals surface area (Å²) in [5.41, 5.74) is 0. The van der Waals surface area contributed by atoms with Crippen molar-refractivity contribution in [2.75, 3.05) is 19.8 Å². The first-order valence-electron chi connectivity index (χ1n) is 5.94. The molecular weight excluding hydrogens is 226 g/mol. The summed E-state index contributed by atoms with van der Waals surface area (Å²) in [5.74, 6) is 4.62. The van der Waals surface area contributed by atoms with E-state index in [-0.39, 0.29) is 18.4 Å². The highest BCUT2D eigenvalue weighted by atomic mass is 16.7. The van der Waals surface area contributed by atoms with Gasteiger partial charge in [-0.2, -0.15) is 0 Å². The van der Waals surface area contributed by atoms with Crippen LogP contribution in [0.3, 0.4) is 0 Å². The second-order valence-electron chi connectivity index (χ2n) is 4.02. The van der Waals surface area contributed by atoms with Crippen LogP contribution in [-0.4, -0.2) is 38.2 Å². The maximum absolute atomic E-state index is 10.7. The highest BCUT2D eigenvalue weighted by Gasteiger charge is 2.23. The van der Waals surface area contributed by atoms with Crippen molar-refractivity contribution in [2.24, 2.45) is 5.90 Å². The normalized spacial score (nSPS) is 24.6. The molecule has 0 amide bonds. The van der Waals surface area contributed by atoms with E-state index >= 15 is 0 Å². The quantitative estimate of drug-likeness (QED) is 0.406. The lowest BCUT2D eigenvalue weighted by Gasteiger charge is -2.29. The average molecular weight is 247 g/mol. The fourth-order valence-electron chi connectivity index (χ4n) is 1.68. The van der Waals surface area contributed by atoms with Gasteiger partial charge in [0, 0.05) is 6.92 Å². The van der Waals surface area contributed by atoms with Gasteiger partial charge in [-0.05, 0) is 25.7 Å². The third-order valence-corrected chi connectivity index (χ3v) is 2.49. The fraction of sp³-hybridized carbons (Fsp3) is 0.909. The standard InChI is InChI=1S/C11H21NO5/c1-9(13)15-8-10-4-2-5-11(17-10)14-6-3-7-16-12/h10-11H,2-8,12H2,1H3/t10-,11+/m1/s1. The van der Waals surface area contributed by atoms with Crippen molar-refractivity contribution in [3.05, 3.63) is 0 Å². The van der Waals surface area contributed by atoms with Crippen molar-refractivity contribution in [2.45, 2.75) is 45.0 Å². The Balaban J connectivity index is 2.12. The molecular formula is C11H21NO5. The van der Waals surface area contributed by atoms with Crippen molar-refractivity contribution in [3.8, 4) is 0 Å². The lowest BCUT2D eigenvalue weighted by atomic mass is 10.1. The van der Waals surface area contributed by atoms with E-state index in [9.17, 15) is 4.79 Å². The largest absolute Gasteiger partial charge is 0.463 e. The first-order chi connectivity index (χ1) is 8.22. The van der Waals surface area contributed by atoms with Crippen LogP contribution in [0.1, 0.15) is 32.6 Å². The molecule has 1 aliphatic heterocycles. The lowest BCUT2D eigenvalue weighted by Crippen LogP contribution is -2.33. The zero-order valence-corrected chi connectivity index (χ0v) is 10.2. The molecule has 6 nitrogen and oxygen atoms in total. The van der Waals surface area contributed by atoms with Crippen LogP contribution in [0, 0.1) is 0 Å². The van der Waals surface area contributed by atoms with Crippen LogP contribution in [0.25, 0.3) is 0 Å². The summed E-state index contributed by atoms with van der Waals surface area (Å²) >= 11 is 0. The highest BCUT2D eigenvalue weighted by Crippen LogP contribution is 2.20. The zero-order valence-electron chi connectivity index (χ0n) is 10.2. The summed E-state index contributed by atoms with van der Waals surface area (Å²) < 4.78 is 16.1. The van der Waals surface area contributed by atoms with Gasteiger partial charge in [0.2, 0.25) is 0 Å². The number of nitrogens with two attached hydrogens (primary N) is 1. The number of hydrogen-bond acceptors (Lipinski definition) is 6. The Morgan fingerprint density at radius 2 is 2.24 bits per heavy atom. The van der Waals surface area contributed by atoms with E-state index in [1.165, 1.54) is 6.92 Å². The Kier molecular flexibility index (Phi) is 7.11. The van der Waals surface area contributed by atoms with E-state index in [2.05, 4.69) is 4.84 Å². The smallest absolute Gasteiger partial charge is 0.302 e. The molecule has 100 valence electrons. The van der Waals surface area contributed by atoms with Crippen LogP contribution >= 0.6 is 0 Å². The van der Waals surface area contributed by atoms with Crippen LogP contribution in [0.15, 0.2) is 0 Å². The van der Waals surface area contributed by atoms with E-state index in [1.807, 2.05) is 0 Å². The maximum atomic E-state index is 10.7. The van der Waals surface area contributed by atoms with E-state index in [4.69, 9.17) is 20.1 Å². The molecule has 0 aromatic heterocycles. The second kappa shape index (κ2) is 8.41. The molecule has 1 rings (SSSR count). The fourth-order valence-corrected chi connectivity index (χ4v) is 1.68. The molecule has 0 saturated carbocycles. The summed E-state index contributed by atoms with van der Waals surface area (Å²) in [7, 11) is 0. The summed E-state index contributed by atoms with van der Waals surface area (Å²) in [6.45, 7) is 2.73. The molecule has 0 aromatic rings. The highest BCUT2D eigenvalue weighted by molar-refractivity contribution is 5.65. The van der Waals surface area contributed by atoms with Crippen molar-refractivity contribution < 1.29 is 23.8 Å². The van der Waals surface area contributed by atoms with Crippen molar-refractivity contribution in [3.63, 3.8) is 0 Å². The molecule has 6 heteroatoms. The van der Waals surface area contributed by atoms with E-state index in [0.717, 1.165) is 25.7 Å². The van der Waals surface area contributed by atoms with Crippen LogP contribution in [0.5, 0.6) is 0 Å². The van der Waals surface area contributed by atoms with Crippen LogP contribution in [-0.2, 0) is 23.8 Å². The lowest BCUT2D eigenvalue weighted by molar-refractivity contribution is -0.206. The third-order valence-electron chi connectivity index (χ3n) is 2.49. The molecule has 1 fully saturated rings. The number of carbonyl (C=O) groups is 1. The van der Waals surface area contributed by atoms with E-state index < -0.39 is 0 Å². The first kappa shape index (κ1) is 14.4. The molecule has 2 atom stereocenters. The van der Waals surface area contributed by atoms with E-state index in [0.29, 0.717) is 19.8 Å². The van der Waals surface area contributed by atoms with Gasteiger partial charge < -0.3 is 19.0 Å². The van der Waals surface area contributed by atoms with Gasteiger partial charge in [0.1, 0.15) is 6.61 Å². The predicted molar refractivity (Wildman–Crippen MR) is 59.9 cm³/mol. The third kappa shape index (κ3) is 6.58. The van der Waals surface area contributed by atoms with Crippen molar-refractivity contribution in [1.82, 2.24) is 0 Å². The van der Waals surface area contributed by atoms with Gasteiger partial charge in [0.05, 0.1) is 19.3 Å². The SMILES string of the molecule is CC(=O)OC[C@H]1CCC[C@@H](OCCCON)O1. The van der Waals surface area contributed by atoms with Crippen molar-refractivity contribution in [1.29, 1.82) is 0 Å². The molecule has 17 heavy (non-hydrogen) atoms. The summed E-state index contributed by atoms with van der Waals surface area (Å²) in [5, 5.41) is 0.